The van der Waals surface area contributed by atoms with Gasteiger partial charge >= 0.3 is 0 Å². The van der Waals surface area contributed by atoms with Crippen molar-refractivity contribution in [3.05, 3.63) is 30.0 Å². The van der Waals surface area contributed by atoms with E-state index in [0.717, 1.165) is 22.6 Å². The fourth-order valence-corrected chi connectivity index (χ4v) is 2.08. The summed E-state index contributed by atoms with van der Waals surface area (Å²) in [6.07, 6.45) is 0. The van der Waals surface area contributed by atoms with Crippen LogP contribution in [-0.4, -0.2) is 18.9 Å². The Bertz CT molecular complexity index is 525. The highest BCUT2D eigenvalue weighted by Gasteiger charge is 2.18. The zero-order valence-corrected chi connectivity index (χ0v) is 11.9. The quantitative estimate of drug-likeness (QED) is 0.791. The Balaban J connectivity index is 2.49. The summed E-state index contributed by atoms with van der Waals surface area (Å²) in [7, 11) is 1.64. The van der Waals surface area contributed by atoms with Crippen molar-refractivity contribution < 1.29 is 14.0 Å². The van der Waals surface area contributed by atoms with E-state index in [-0.39, 0.29) is 0 Å². The van der Waals surface area contributed by atoms with Gasteiger partial charge in [-0.2, -0.15) is 0 Å². The van der Waals surface area contributed by atoms with Crippen LogP contribution in [0, 0.1) is 0 Å². The van der Waals surface area contributed by atoms with Gasteiger partial charge in [0.25, 0.3) is 5.88 Å². The van der Waals surface area contributed by atoms with Crippen molar-refractivity contribution in [2.45, 2.75) is 12.3 Å². The summed E-state index contributed by atoms with van der Waals surface area (Å²) in [5.41, 5.74) is 1.83. The van der Waals surface area contributed by atoms with Crippen LogP contribution in [0.2, 0.25) is 0 Å². The summed E-state index contributed by atoms with van der Waals surface area (Å²) in [6, 6.07) is 7.73. The maximum absolute atomic E-state index is 5.48. The number of benzene rings is 1. The Hall–Kier alpha value is -1.49. The van der Waals surface area contributed by atoms with Crippen LogP contribution in [-0.2, 0) is 5.33 Å². The third-order valence-corrected chi connectivity index (χ3v) is 3.00. The Morgan fingerprint density at radius 1 is 1.39 bits per heavy atom. The first-order valence-corrected chi connectivity index (χ1v) is 6.74. The Kier molecular flexibility index (Phi) is 4.25. The lowest BCUT2D eigenvalue weighted by Crippen LogP contribution is -1.94. The topological polar surface area (TPSA) is 44.5 Å². The van der Waals surface area contributed by atoms with Gasteiger partial charge < -0.3 is 14.0 Å². The lowest BCUT2D eigenvalue weighted by atomic mass is 10.1. The van der Waals surface area contributed by atoms with Crippen LogP contribution in [0.1, 0.15) is 12.7 Å². The zero-order chi connectivity index (χ0) is 13.0. The molecule has 18 heavy (non-hydrogen) atoms. The minimum Gasteiger partial charge on any atom is -0.497 e. The van der Waals surface area contributed by atoms with Crippen molar-refractivity contribution >= 4 is 15.9 Å². The number of nitrogens with zero attached hydrogens (tertiary/aromatic N) is 1. The smallest absolute Gasteiger partial charge is 0.262 e. The molecule has 0 fully saturated rings. The van der Waals surface area contributed by atoms with Crippen LogP contribution in [0.15, 0.2) is 28.8 Å². The van der Waals surface area contributed by atoms with E-state index in [4.69, 9.17) is 14.0 Å². The van der Waals surface area contributed by atoms with Crippen molar-refractivity contribution in [1.29, 1.82) is 0 Å². The second-order valence-electron chi connectivity index (χ2n) is 3.58. The molecule has 0 aliphatic rings. The van der Waals surface area contributed by atoms with Crippen molar-refractivity contribution in [2.24, 2.45) is 0 Å². The molecule has 1 heterocycles. The summed E-state index contributed by atoms with van der Waals surface area (Å²) in [6.45, 7) is 2.46. The fraction of sp³-hybridized carbons (Fsp3) is 0.308. The number of alkyl halides is 1. The van der Waals surface area contributed by atoms with Crippen LogP contribution >= 0.6 is 15.9 Å². The molecule has 0 N–H and O–H groups in total. The first-order valence-electron chi connectivity index (χ1n) is 5.61. The summed E-state index contributed by atoms with van der Waals surface area (Å²) < 4.78 is 16.0. The van der Waals surface area contributed by atoms with Gasteiger partial charge in [-0.25, -0.2) is 0 Å². The SMILES string of the molecule is CCOc1noc(CBr)c1-c1cccc(OC)c1. The molecule has 2 rings (SSSR count). The third kappa shape index (κ3) is 2.51. The van der Waals surface area contributed by atoms with Gasteiger partial charge in [-0.1, -0.05) is 28.1 Å². The second kappa shape index (κ2) is 5.91. The normalized spacial score (nSPS) is 10.4. The molecule has 4 nitrogen and oxygen atoms in total. The van der Waals surface area contributed by atoms with Crippen LogP contribution in [0.25, 0.3) is 11.1 Å². The monoisotopic (exact) mass is 311 g/mol. The minimum atomic E-state index is 0.514. The van der Waals surface area contributed by atoms with Crippen LogP contribution in [0.4, 0.5) is 0 Å². The van der Waals surface area contributed by atoms with E-state index in [1.807, 2.05) is 31.2 Å². The van der Waals surface area contributed by atoms with Gasteiger partial charge in [0.05, 0.1) is 24.6 Å². The highest BCUT2D eigenvalue weighted by atomic mass is 79.9. The molecular weight excluding hydrogens is 298 g/mol. The number of rotatable bonds is 5. The van der Waals surface area contributed by atoms with Crippen LogP contribution in [0.3, 0.4) is 0 Å². The van der Waals surface area contributed by atoms with Gasteiger partial charge in [0.15, 0.2) is 5.76 Å². The Morgan fingerprint density at radius 3 is 2.89 bits per heavy atom. The second-order valence-corrected chi connectivity index (χ2v) is 4.15. The lowest BCUT2D eigenvalue weighted by molar-refractivity contribution is 0.291. The molecule has 2 aromatic rings. The minimum absolute atomic E-state index is 0.514. The zero-order valence-electron chi connectivity index (χ0n) is 10.3. The molecule has 5 heteroatoms. The summed E-state index contributed by atoms with van der Waals surface area (Å²) in [5.74, 6) is 2.04. The van der Waals surface area contributed by atoms with Gasteiger partial charge in [0.1, 0.15) is 5.75 Å². The van der Waals surface area contributed by atoms with E-state index in [0.29, 0.717) is 17.8 Å². The number of hydrogen-bond donors (Lipinski definition) is 0. The van der Waals surface area contributed by atoms with Crippen LogP contribution < -0.4 is 9.47 Å². The first kappa shape index (κ1) is 13.0. The fourth-order valence-electron chi connectivity index (χ4n) is 1.70. The predicted octanol–water partition coefficient (Wildman–Crippen LogP) is 3.64. The molecule has 0 spiro atoms. The van der Waals surface area contributed by atoms with E-state index >= 15 is 0 Å². The van der Waals surface area contributed by atoms with Gasteiger partial charge in [0, 0.05) is 0 Å². The first-order chi connectivity index (χ1) is 8.80. The van der Waals surface area contributed by atoms with Crippen molar-refractivity contribution in [2.75, 3.05) is 13.7 Å². The Morgan fingerprint density at radius 2 is 2.22 bits per heavy atom. The molecule has 0 radical (unpaired) electrons. The van der Waals surface area contributed by atoms with Crippen molar-refractivity contribution in [1.82, 2.24) is 5.16 Å². The molecule has 1 aromatic carbocycles. The highest BCUT2D eigenvalue weighted by Crippen LogP contribution is 2.35. The number of halogens is 1. The molecule has 0 atom stereocenters. The largest absolute Gasteiger partial charge is 0.497 e. The van der Waals surface area contributed by atoms with Gasteiger partial charge in [-0.05, 0) is 29.8 Å². The third-order valence-electron chi connectivity index (χ3n) is 2.49. The number of ether oxygens (including phenoxy) is 2. The van der Waals surface area contributed by atoms with Crippen molar-refractivity contribution in [3.63, 3.8) is 0 Å². The maximum Gasteiger partial charge on any atom is 0.262 e. The molecule has 0 saturated heterocycles. The average Bonchev–Trinajstić information content (AvgIpc) is 2.82. The molecular formula is C13H14BrNO3. The highest BCUT2D eigenvalue weighted by molar-refractivity contribution is 9.08. The van der Waals surface area contributed by atoms with Crippen LogP contribution in [0.5, 0.6) is 11.6 Å². The molecule has 0 bridgehead atoms. The van der Waals surface area contributed by atoms with E-state index < -0.39 is 0 Å². The van der Waals surface area contributed by atoms with Gasteiger partial charge in [0.2, 0.25) is 0 Å². The molecule has 96 valence electrons. The summed E-state index contributed by atoms with van der Waals surface area (Å²) >= 11 is 3.39. The van der Waals surface area contributed by atoms with E-state index in [1.54, 1.807) is 7.11 Å². The average molecular weight is 312 g/mol. The van der Waals surface area contributed by atoms with E-state index in [9.17, 15) is 0 Å². The maximum atomic E-state index is 5.48. The molecule has 0 aliphatic carbocycles. The number of hydrogen-bond acceptors (Lipinski definition) is 4. The van der Waals surface area contributed by atoms with E-state index in [2.05, 4.69) is 21.1 Å². The van der Waals surface area contributed by atoms with E-state index in [1.165, 1.54) is 0 Å². The molecule has 0 amide bonds. The standard InChI is InChI=1S/C13H14BrNO3/c1-3-17-13-12(11(8-14)18-15-13)9-5-4-6-10(7-9)16-2/h4-7H,3,8H2,1-2H3. The van der Waals surface area contributed by atoms with Crippen molar-refractivity contribution in [3.8, 4) is 22.8 Å². The molecule has 0 saturated carbocycles. The predicted molar refractivity (Wildman–Crippen MR) is 72.3 cm³/mol. The lowest BCUT2D eigenvalue weighted by Gasteiger charge is -2.05. The molecule has 1 aromatic heterocycles. The van der Waals surface area contributed by atoms with Gasteiger partial charge in [-0.3, -0.25) is 0 Å². The van der Waals surface area contributed by atoms with Gasteiger partial charge in [-0.15, -0.1) is 0 Å². The number of methoxy groups -OCH3 is 1. The number of aromatic nitrogens is 1. The Labute approximate surface area is 114 Å². The molecule has 0 unspecified atom stereocenters. The summed E-state index contributed by atoms with van der Waals surface area (Å²) in [4.78, 5) is 0. The summed E-state index contributed by atoms with van der Waals surface area (Å²) in [5, 5.41) is 4.52. The molecule has 0 aliphatic heterocycles.